The van der Waals surface area contributed by atoms with E-state index in [2.05, 4.69) is 5.32 Å². The quantitative estimate of drug-likeness (QED) is 0.814. The van der Waals surface area contributed by atoms with Gasteiger partial charge in [0.2, 0.25) is 0 Å². The molecule has 1 aromatic rings. The summed E-state index contributed by atoms with van der Waals surface area (Å²) in [5.74, 6) is 0.672. The number of nitrogens with one attached hydrogen (secondary N) is 1. The van der Waals surface area contributed by atoms with Gasteiger partial charge in [0.15, 0.2) is 0 Å². The highest BCUT2D eigenvalue weighted by Crippen LogP contribution is 2.10. The Balaban J connectivity index is 0.00000225. The zero-order valence-electron chi connectivity index (χ0n) is 9.69. The molecule has 5 heteroatoms. The largest absolute Gasteiger partial charge is 0.497 e. The Bertz CT molecular complexity index is 325. The summed E-state index contributed by atoms with van der Waals surface area (Å²) >= 11 is 0. The first-order valence-electron chi connectivity index (χ1n) is 4.70. The van der Waals surface area contributed by atoms with Crippen LogP contribution in [0.25, 0.3) is 0 Å². The van der Waals surface area contributed by atoms with Crippen LogP contribution in [-0.2, 0) is 0 Å². The molecular formula is C11H17ClN2O2. The van der Waals surface area contributed by atoms with E-state index in [1.165, 1.54) is 0 Å². The van der Waals surface area contributed by atoms with Gasteiger partial charge in [0.1, 0.15) is 5.75 Å². The molecule has 0 aliphatic heterocycles. The van der Waals surface area contributed by atoms with Crippen molar-refractivity contribution in [1.29, 1.82) is 0 Å². The number of hydrogen-bond acceptors (Lipinski definition) is 3. The minimum absolute atomic E-state index is 0. The van der Waals surface area contributed by atoms with Crippen LogP contribution in [0.4, 0.5) is 0 Å². The average molecular weight is 245 g/mol. The second-order valence-corrected chi connectivity index (χ2v) is 3.47. The topological polar surface area (TPSA) is 41.6 Å². The normalized spacial score (nSPS) is 9.50. The van der Waals surface area contributed by atoms with Gasteiger partial charge in [0.25, 0.3) is 5.91 Å². The molecule has 0 atom stereocenters. The number of carbonyl (C=O) groups is 1. The number of methoxy groups -OCH3 is 1. The molecule has 0 fully saturated rings. The maximum atomic E-state index is 11.6. The zero-order valence-corrected chi connectivity index (χ0v) is 10.5. The summed E-state index contributed by atoms with van der Waals surface area (Å²) in [7, 11) is 5.39. The molecule has 4 nitrogen and oxygen atoms in total. The molecule has 1 aromatic carbocycles. The van der Waals surface area contributed by atoms with E-state index < -0.39 is 0 Å². The van der Waals surface area contributed by atoms with Crippen molar-refractivity contribution in [2.24, 2.45) is 0 Å². The Kier molecular flexibility index (Phi) is 6.53. The van der Waals surface area contributed by atoms with Crippen LogP contribution < -0.4 is 10.1 Å². The monoisotopic (exact) mass is 244 g/mol. The van der Waals surface area contributed by atoms with Crippen molar-refractivity contribution in [2.75, 3.05) is 27.9 Å². The maximum absolute atomic E-state index is 11.6. The lowest BCUT2D eigenvalue weighted by Crippen LogP contribution is -2.32. The number of halogens is 1. The van der Waals surface area contributed by atoms with Crippen molar-refractivity contribution in [3.63, 3.8) is 0 Å². The van der Waals surface area contributed by atoms with E-state index in [0.29, 0.717) is 12.2 Å². The lowest BCUT2D eigenvalue weighted by atomic mass is 10.2. The number of amides is 1. The fourth-order valence-electron chi connectivity index (χ4n) is 1.07. The van der Waals surface area contributed by atoms with Crippen molar-refractivity contribution < 1.29 is 9.53 Å². The van der Waals surface area contributed by atoms with Gasteiger partial charge in [-0.05, 0) is 38.4 Å². The lowest BCUT2D eigenvalue weighted by molar-refractivity contribution is 0.0935. The summed E-state index contributed by atoms with van der Waals surface area (Å²) in [6, 6.07) is 7.02. The zero-order chi connectivity index (χ0) is 11.3. The molecule has 1 N–H and O–H groups in total. The summed E-state index contributed by atoms with van der Waals surface area (Å²) in [6.07, 6.45) is 0. The van der Waals surface area contributed by atoms with Crippen LogP contribution in [0.15, 0.2) is 24.3 Å². The molecule has 0 aliphatic carbocycles. The highest BCUT2D eigenvalue weighted by atomic mass is 35.5. The van der Waals surface area contributed by atoms with Gasteiger partial charge in [-0.15, -0.1) is 12.4 Å². The molecule has 0 saturated carbocycles. The van der Waals surface area contributed by atoms with E-state index in [1.807, 2.05) is 19.0 Å². The van der Waals surface area contributed by atoms with Gasteiger partial charge in [-0.1, -0.05) is 0 Å². The third-order valence-corrected chi connectivity index (χ3v) is 1.91. The number of nitrogens with zero attached hydrogens (tertiary/aromatic N) is 1. The number of benzene rings is 1. The number of ether oxygens (including phenoxy) is 1. The minimum Gasteiger partial charge on any atom is -0.497 e. The van der Waals surface area contributed by atoms with E-state index in [-0.39, 0.29) is 18.3 Å². The van der Waals surface area contributed by atoms with E-state index in [4.69, 9.17) is 4.74 Å². The third kappa shape index (κ3) is 4.51. The Hall–Kier alpha value is -1.26. The lowest BCUT2D eigenvalue weighted by Gasteiger charge is -2.11. The Morgan fingerprint density at radius 3 is 2.31 bits per heavy atom. The molecule has 0 aliphatic rings. The molecule has 0 radical (unpaired) electrons. The van der Waals surface area contributed by atoms with Crippen molar-refractivity contribution in [3.05, 3.63) is 29.8 Å². The van der Waals surface area contributed by atoms with Gasteiger partial charge in [-0.3, -0.25) is 9.69 Å². The minimum atomic E-state index is -0.0775. The average Bonchev–Trinajstić information content (AvgIpc) is 2.26. The second kappa shape index (κ2) is 7.09. The molecule has 1 amide bonds. The molecule has 90 valence electrons. The number of hydrogen-bond donors (Lipinski definition) is 1. The summed E-state index contributed by atoms with van der Waals surface area (Å²) in [5, 5.41) is 2.78. The van der Waals surface area contributed by atoms with Crippen molar-refractivity contribution >= 4 is 18.3 Å². The molecule has 0 spiro atoms. The van der Waals surface area contributed by atoms with E-state index in [0.717, 1.165) is 5.75 Å². The van der Waals surface area contributed by atoms with Crippen molar-refractivity contribution in [2.45, 2.75) is 0 Å². The van der Waals surface area contributed by atoms with E-state index >= 15 is 0 Å². The highest BCUT2D eigenvalue weighted by molar-refractivity contribution is 5.94. The van der Waals surface area contributed by atoms with Crippen LogP contribution in [0.1, 0.15) is 10.4 Å². The second-order valence-electron chi connectivity index (χ2n) is 3.47. The SMILES string of the molecule is COc1ccc(C(=O)NCN(C)C)cc1.Cl. The van der Waals surface area contributed by atoms with Crippen LogP contribution >= 0.6 is 12.4 Å². The Morgan fingerprint density at radius 2 is 1.88 bits per heavy atom. The molecule has 0 saturated heterocycles. The van der Waals surface area contributed by atoms with E-state index in [1.54, 1.807) is 31.4 Å². The highest BCUT2D eigenvalue weighted by Gasteiger charge is 2.04. The van der Waals surface area contributed by atoms with Gasteiger partial charge >= 0.3 is 0 Å². The fourth-order valence-corrected chi connectivity index (χ4v) is 1.07. The maximum Gasteiger partial charge on any atom is 0.252 e. The van der Waals surface area contributed by atoms with Gasteiger partial charge in [0.05, 0.1) is 13.8 Å². The summed E-state index contributed by atoms with van der Waals surface area (Å²) in [6.45, 7) is 0.533. The fraction of sp³-hybridized carbons (Fsp3) is 0.364. The molecule has 16 heavy (non-hydrogen) atoms. The summed E-state index contributed by atoms with van der Waals surface area (Å²) in [5.41, 5.74) is 0.637. The predicted molar refractivity (Wildman–Crippen MR) is 66.3 cm³/mol. The standard InChI is InChI=1S/C11H16N2O2.ClH/c1-13(2)8-12-11(14)9-4-6-10(15-3)7-5-9;/h4-7H,8H2,1-3H3,(H,12,14);1H. The van der Waals surface area contributed by atoms with Crippen molar-refractivity contribution in [3.8, 4) is 5.75 Å². The summed E-state index contributed by atoms with van der Waals surface area (Å²) in [4.78, 5) is 13.5. The third-order valence-electron chi connectivity index (χ3n) is 1.91. The van der Waals surface area contributed by atoms with Gasteiger partial charge in [-0.2, -0.15) is 0 Å². The van der Waals surface area contributed by atoms with E-state index in [9.17, 15) is 4.79 Å². The van der Waals surface area contributed by atoms with Crippen LogP contribution in [0.5, 0.6) is 5.75 Å². The van der Waals surface area contributed by atoms with Crippen molar-refractivity contribution in [1.82, 2.24) is 10.2 Å². The molecule has 0 heterocycles. The molecular weight excluding hydrogens is 228 g/mol. The smallest absolute Gasteiger partial charge is 0.252 e. The molecule has 1 rings (SSSR count). The summed E-state index contributed by atoms with van der Waals surface area (Å²) < 4.78 is 5.01. The van der Waals surface area contributed by atoms with Crippen LogP contribution in [0.3, 0.4) is 0 Å². The number of rotatable bonds is 4. The van der Waals surface area contributed by atoms with Crippen LogP contribution in [0, 0.1) is 0 Å². The van der Waals surface area contributed by atoms with Gasteiger partial charge in [0, 0.05) is 5.56 Å². The Labute approximate surface area is 102 Å². The van der Waals surface area contributed by atoms with Gasteiger partial charge in [-0.25, -0.2) is 0 Å². The first kappa shape index (κ1) is 14.7. The number of carbonyl (C=O) groups excluding carboxylic acids is 1. The molecule has 0 bridgehead atoms. The molecule has 0 aromatic heterocycles. The first-order chi connectivity index (χ1) is 7.13. The van der Waals surface area contributed by atoms with Crippen LogP contribution in [0.2, 0.25) is 0 Å². The predicted octanol–water partition coefficient (Wildman–Crippen LogP) is 1.37. The van der Waals surface area contributed by atoms with Gasteiger partial charge < -0.3 is 10.1 Å². The van der Waals surface area contributed by atoms with Crippen LogP contribution in [-0.4, -0.2) is 38.7 Å². The Morgan fingerprint density at radius 1 is 1.31 bits per heavy atom. The first-order valence-corrected chi connectivity index (χ1v) is 4.70. The molecule has 0 unspecified atom stereocenters.